The number of nitrogens with zero attached hydrogens (tertiary/aromatic N) is 2. The molecule has 1 aromatic rings. The van der Waals surface area contributed by atoms with Crippen molar-refractivity contribution in [3.05, 3.63) is 20.7 Å². The lowest BCUT2D eigenvalue weighted by Crippen LogP contribution is -2.34. The lowest BCUT2D eigenvalue weighted by molar-refractivity contribution is 0.591. The van der Waals surface area contributed by atoms with Crippen molar-refractivity contribution in [2.24, 2.45) is 12.8 Å². The normalized spacial score (nSPS) is 14.8. The van der Waals surface area contributed by atoms with Gasteiger partial charge < -0.3 is 5.73 Å². The monoisotopic (exact) mass is 244 g/mol. The highest BCUT2D eigenvalue weighted by Gasteiger charge is 2.11. The molecule has 2 atom stereocenters. The summed E-state index contributed by atoms with van der Waals surface area (Å²) in [6, 6.07) is 0.0993. The number of hydrogen-bond acceptors (Lipinski definition) is 5. The summed E-state index contributed by atoms with van der Waals surface area (Å²) >= 11 is 1.42. The molecule has 1 rings (SSSR count). The van der Waals surface area contributed by atoms with Gasteiger partial charge in [0.2, 0.25) is 0 Å². The molecule has 6 nitrogen and oxygen atoms in total. The third-order valence-electron chi connectivity index (χ3n) is 1.96. The van der Waals surface area contributed by atoms with Gasteiger partial charge in [-0.3, -0.25) is 19.4 Å². The van der Waals surface area contributed by atoms with Crippen LogP contribution in [0.4, 0.5) is 0 Å². The Hall–Kier alpha value is -1.08. The first kappa shape index (κ1) is 13.0. The van der Waals surface area contributed by atoms with E-state index in [2.05, 4.69) is 10.1 Å². The molecule has 16 heavy (non-hydrogen) atoms. The van der Waals surface area contributed by atoms with Crippen LogP contribution in [0.5, 0.6) is 0 Å². The minimum absolute atomic E-state index is 0.0993. The maximum absolute atomic E-state index is 11.1. The third kappa shape index (κ3) is 3.49. The molecule has 2 unspecified atom stereocenters. The number of hydrogen-bond donors (Lipinski definition) is 2. The largest absolute Gasteiger partial charge is 0.339 e. The molecular weight excluding hydrogens is 228 g/mol. The number of rotatable bonds is 4. The van der Waals surface area contributed by atoms with Crippen molar-refractivity contribution in [1.29, 1.82) is 0 Å². The molecule has 0 amide bonds. The first-order valence-corrected chi connectivity index (χ1v) is 5.87. The van der Waals surface area contributed by atoms with E-state index in [4.69, 9.17) is 5.73 Å². The summed E-state index contributed by atoms with van der Waals surface area (Å²) in [5.41, 5.74) is 4.22. The lowest BCUT2D eigenvalue weighted by Gasteiger charge is -2.14. The second-order valence-electron chi connectivity index (χ2n) is 3.84. The Kier molecular flexibility index (Phi) is 4.31. The van der Waals surface area contributed by atoms with Gasteiger partial charge in [-0.2, -0.15) is 4.98 Å². The molecule has 7 heteroatoms. The Bertz CT molecular complexity index is 465. The summed E-state index contributed by atoms with van der Waals surface area (Å²) in [5, 5.41) is 3.14. The van der Waals surface area contributed by atoms with Crippen molar-refractivity contribution in [2.45, 2.75) is 36.7 Å². The number of aryl methyl sites for hydroxylation is 1. The molecule has 0 bridgehead atoms. The second-order valence-corrected chi connectivity index (χ2v) is 5.25. The van der Waals surface area contributed by atoms with Gasteiger partial charge in [0.1, 0.15) is 0 Å². The lowest BCUT2D eigenvalue weighted by atomic mass is 10.2. The Morgan fingerprint density at radius 1 is 1.50 bits per heavy atom. The molecule has 90 valence electrons. The average molecular weight is 244 g/mol. The van der Waals surface area contributed by atoms with Crippen molar-refractivity contribution < 1.29 is 0 Å². The van der Waals surface area contributed by atoms with Crippen LogP contribution in [-0.2, 0) is 7.05 Å². The quantitative estimate of drug-likeness (QED) is 0.559. The highest BCUT2D eigenvalue weighted by molar-refractivity contribution is 7.99. The van der Waals surface area contributed by atoms with Crippen LogP contribution >= 0.6 is 11.8 Å². The molecule has 0 aliphatic rings. The third-order valence-corrected chi connectivity index (χ3v) is 3.13. The first-order valence-electron chi connectivity index (χ1n) is 4.99. The number of thioether (sulfide) groups is 1. The van der Waals surface area contributed by atoms with Crippen molar-refractivity contribution in [2.75, 3.05) is 0 Å². The summed E-state index contributed by atoms with van der Waals surface area (Å²) in [4.78, 5) is 25.8. The van der Waals surface area contributed by atoms with E-state index in [0.29, 0.717) is 5.16 Å². The predicted octanol–water partition coefficient (Wildman–Crippen LogP) is -0.313. The van der Waals surface area contributed by atoms with E-state index in [1.165, 1.54) is 16.4 Å². The topological polar surface area (TPSA) is 93.8 Å². The molecule has 0 aliphatic heterocycles. The maximum atomic E-state index is 11.1. The molecular formula is C9H16N4O2S. The van der Waals surface area contributed by atoms with E-state index in [9.17, 15) is 9.59 Å². The van der Waals surface area contributed by atoms with Crippen LogP contribution < -0.4 is 16.9 Å². The smallest absolute Gasteiger partial charge is 0.328 e. The fourth-order valence-corrected chi connectivity index (χ4v) is 2.42. The van der Waals surface area contributed by atoms with Gasteiger partial charge in [0, 0.05) is 18.3 Å². The average Bonchev–Trinajstić information content (AvgIpc) is 2.12. The highest BCUT2D eigenvalue weighted by atomic mass is 32.2. The molecule has 1 heterocycles. The van der Waals surface area contributed by atoms with Gasteiger partial charge in [-0.15, -0.1) is 0 Å². The van der Waals surface area contributed by atoms with Crippen LogP contribution in [-0.4, -0.2) is 26.1 Å². The summed E-state index contributed by atoms with van der Waals surface area (Å²) < 4.78 is 1.45. The number of nitrogens with one attached hydrogen (secondary N) is 1. The molecule has 3 N–H and O–H groups in total. The van der Waals surface area contributed by atoms with Crippen LogP contribution in [0.2, 0.25) is 0 Å². The zero-order chi connectivity index (χ0) is 12.3. The summed E-state index contributed by atoms with van der Waals surface area (Å²) in [5.74, 6) is 0. The molecule has 0 aromatic carbocycles. The number of aromatic amines is 1. The van der Waals surface area contributed by atoms with Crippen LogP contribution in [0.3, 0.4) is 0 Å². The Morgan fingerprint density at radius 2 is 2.12 bits per heavy atom. The number of nitrogens with two attached hydrogens (primary N) is 1. The summed E-state index contributed by atoms with van der Waals surface area (Å²) in [7, 11) is 1.65. The second kappa shape index (κ2) is 5.31. The summed E-state index contributed by atoms with van der Waals surface area (Å²) in [6.07, 6.45) is 0.819. The van der Waals surface area contributed by atoms with E-state index in [1.807, 2.05) is 13.8 Å². The molecule has 0 saturated heterocycles. The van der Waals surface area contributed by atoms with Gasteiger partial charge in [-0.1, -0.05) is 18.7 Å². The Labute approximate surface area is 97.2 Å². The molecule has 1 aromatic heterocycles. The number of H-pyrrole nitrogens is 1. The van der Waals surface area contributed by atoms with Gasteiger partial charge in [0.15, 0.2) is 5.16 Å². The zero-order valence-corrected chi connectivity index (χ0v) is 10.4. The standard InChI is InChI=1S/C9H16N4O2S/c1-5(10)4-6(2)16-9-11-7(14)8(15)12-13(9)3/h5-6H,4,10H2,1-3H3,(H,12,15). The molecule has 0 saturated carbocycles. The van der Waals surface area contributed by atoms with Crippen LogP contribution in [0, 0.1) is 0 Å². The van der Waals surface area contributed by atoms with Gasteiger partial charge >= 0.3 is 11.1 Å². The van der Waals surface area contributed by atoms with E-state index >= 15 is 0 Å². The first-order chi connectivity index (χ1) is 7.40. The molecule has 0 radical (unpaired) electrons. The van der Waals surface area contributed by atoms with Gasteiger partial charge in [-0.25, -0.2) is 0 Å². The van der Waals surface area contributed by atoms with Gasteiger partial charge in [0.25, 0.3) is 0 Å². The SMILES string of the molecule is CC(N)CC(C)Sc1nc(=O)c(=O)[nH]n1C. The van der Waals surface area contributed by atoms with Crippen LogP contribution in [0.1, 0.15) is 20.3 Å². The number of aromatic nitrogens is 3. The fourth-order valence-electron chi connectivity index (χ4n) is 1.32. The van der Waals surface area contributed by atoms with E-state index < -0.39 is 11.1 Å². The maximum Gasteiger partial charge on any atom is 0.339 e. The molecule has 0 aliphatic carbocycles. The highest BCUT2D eigenvalue weighted by Crippen LogP contribution is 2.21. The minimum atomic E-state index is -0.756. The Morgan fingerprint density at radius 3 is 2.69 bits per heavy atom. The minimum Gasteiger partial charge on any atom is -0.328 e. The van der Waals surface area contributed by atoms with Crippen molar-refractivity contribution in [3.63, 3.8) is 0 Å². The van der Waals surface area contributed by atoms with Gasteiger partial charge in [-0.05, 0) is 13.3 Å². The van der Waals surface area contributed by atoms with E-state index in [-0.39, 0.29) is 11.3 Å². The van der Waals surface area contributed by atoms with Crippen molar-refractivity contribution in [3.8, 4) is 0 Å². The van der Waals surface area contributed by atoms with E-state index in [1.54, 1.807) is 7.05 Å². The summed E-state index contributed by atoms with van der Waals surface area (Å²) in [6.45, 7) is 3.93. The Balaban J connectivity index is 2.85. The van der Waals surface area contributed by atoms with Crippen molar-refractivity contribution in [1.82, 2.24) is 14.8 Å². The molecule has 0 fully saturated rings. The van der Waals surface area contributed by atoms with Crippen molar-refractivity contribution >= 4 is 11.8 Å². The zero-order valence-electron chi connectivity index (χ0n) is 9.56. The van der Waals surface area contributed by atoms with Gasteiger partial charge in [0.05, 0.1) is 0 Å². The van der Waals surface area contributed by atoms with Crippen LogP contribution in [0.25, 0.3) is 0 Å². The van der Waals surface area contributed by atoms with E-state index in [0.717, 1.165) is 6.42 Å². The molecule has 0 spiro atoms. The van der Waals surface area contributed by atoms with Crippen LogP contribution in [0.15, 0.2) is 14.7 Å². The predicted molar refractivity (Wildman–Crippen MR) is 63.7 cm³/mol. The fraction of sp³-hybridized carbons (Fsp3) is 0.667.